The molecule has 1 saturated heterocycles. The summed E-state index contributed by atoms with van der Waals surface area (Å²) in [4.78, 5) is 14.1. The molecule has 1 aliphatic rings. The summed E-state index contributed by atoms with van der Waals surface area (Å²) in [6, 6.07) is 3.03. The van der Waals surface area contributed by atoms with Crippen LogP contribution in [0.4, 0.5) is 8.78 Å². The smallest absolute Gasteiger partial charge is 0.179 e. The molecule has 0 bridgehead atoms. The van der Waals surface area contributed by atoms with Crippen LogP contribution in [0.5, 0.6) is 0 Å². The number of ketones is 1. The minimum absolute atomic E-state index is 0.137. The van der Waals surface area contributed by atoms with Crippen LogP contribution in [0.3, 0.4) is 0 Å². The van der Waals surface area contributed by atoms with Gasteiger partial charge in [-0.15, -0.1) is 0 Å². The van der Waals surface area contributed by atoms with Crippen LogP contribution in [0.15, 0.2) is 18.2 Å². The maximum Gasteiger partial charge on any atom is 0.179 e. The third kappa shape index (κ3) is 4.10. The molecule has 19 heavy (non-hydrogen) atoms. The van der Waals surface area contributed by atoms with Gasteiger partial charge in [0.15, 0.2) is 5.78 Å². The van der Waals surface area contributed by atoms with Crippen molar-refractivity contribution in [2.45, 2.75) is 32.1 Å². The zero-order chi connectivity index (χ0) is 13.7. The predicted octanol–water partition coefficient (Wildman–Crippen LogP) is 3.41. The molecule has 1 aromatic carbocycles. The Hall–Kier alpha value is -1.29. The number of hydrogen-bond acceptors (Lipinski definition) is 2. The summed E-state index contributed by atoms with van der Waals surface area (Å²) in [7, 11) is 0. The van der Waals surface area contributed by atoms with Crippen molar-refractivity contribution in [3.63, 3.8) is 0 Å². The third-order valence-electron chi connectivity index (χ3n) is 3.54. The fourth-order valence-electron chi connectivity index (χ4n) is 2.47. The molecule has 0 aliphatic carbocycles. The Morgan fingerprint density at radius 2 is 1.68 bits per heavy atom. The number of Topliss-reactive ketones (excluding diaryl/α,β-unsaturated/α-hetero) is 1. The highest BCUT2D eigenvalue weighted by atomic mass is 19.1. The van der Waals surface area contributed by atoms with E-state index in [0.29, 0.717) is 0 Å². The Labute approximate surface area is 112 Å². The van der Waals surface area contributed by atoms with E-state index >= 15 is 0 Å². The molecule has 0 amide bonds. The highest BCUT2D eigenvalue weighted by Crippen LogP contribution is 2.14. The summed E-state index contributed by atoms with van der Waals surface area (Å²) in [6.45, 7) is 1.91. The lowest BCUT2D eigenvalue weighted by Gasteiger charge is -2.23. The van der Waals surface area contributed by atoms with Gasteiger partial charge in [-0.3, -0.25) is 9.69 Å². The number of carbonyl (C=O) groups is 1. The molecule has 0 atom stereocenters. The topological polar surface area (TPSA) is 20.3 Å². The van der Waals surface area contributed by atoms with Crippen molar-refractivity contribution in [2.24, 2.45) is 0 Å². The van der Waals surface area contributed by atoms with Crippen molar-refractivity contribution in [3.05, 3.63) is 35.4 Å². The van der Waals surface area contributed by atoms with Crippen LogP contribution >= 0.6 is 0 Å². The largest absolute Gasteiger partial charge is 0.296 e. The van der Waals surface area contributed by atoms with Gasteiger partial charge in [-0.1, -0.05) is 19.3 Å². The molecular formula is C15H19F2NO. The monoisotopic (exact) mass is 267 g/mol. The van der Waals surface area contributed by atoms with E-state index in [9.17, 15) is 13.6 Å². The van der Waals surface area contributed by atoms with Crippen LogP contribution in [0.1, 0.15) is 42.5 Å². The number of hydrogen-bond donors (Lipinski definition) is 0. The normalized spacial score (nSPS) is 17.8. The van der Waals surface area contributed by atoms with Crippen molar-refractivity contribution in [3.8, 4) is 0 Å². The van der Waals surface area contributed by atoms with Gasteiger partial charge in [-0.05, 0) is 44.1 Å². The first kappa shape index (κ1) is 14.1. The van der Waals surface area contributed by atoms with E-state index in [-0.39, 0.29) is 17.9 Å². The highest BCUT2D eigenvalue weighted by molar-refractivity contribution is 5.97. The van der Waals surface area contributed by atoms with Crippen LogP contribution in [0.25, 0.3) is 0 Å². The summed E-state index contributed by atoms with van der Waals surface area (Å²) >= 11 is 0. The zero-order valence-corrected chi connectivity index (χ0v) is 11.0. The lowest BCUT2D eigenvalue weighted by Crippen LogP contribution is -2.33. The van der Waals surface area contributed by atoms with E-state index in [1.54, 1.807) is 0 Å². The number of rotatable bonds is 3. The number of halogens is 2. The van der Waals surface area contributed by atoms with Gasteiger partial charge in [0.1, 0.15) is 11.6 Å². The summed E-state index contributed by atoms with van der Waals surface area (Å²) < 4.78 is 26.6. The van der Waals surface area contributed by atoms with E-state index in [0.717, 1.165) is 44.1 Å². The molecule has 0 unspecified atom stereocenters. The molecule has 4 heteroatoms. The minimum Gasteiger partial charge on any atom is -0.296 e. The summed E-state index contributed by atoms with van der Waals surface area (Å²) in [5, 5.41) is 0. The molecule has 104 valence electrons. The van der Waals surface area contributed by atoms with Crippen molar-refractivity contribution < 1.29 is 13.6 Å². The maximum absolute atomic E-state index is 13.5. The molecule has 1 fully saturated rings. The van der Waals surface area contributed by atoms with Gasteiger partial charge in [0, 0.05) is 0 Å². The van der Waals surface area contributed by atoms with Crippen LogP contribution in [0, 0.1) is 11.6 Å². The lowest BCUT2D eigenvalue weighted by molar-refractivity contribution is 0.0920. The molecule has 0 saturated carbocycles. The summed E-state index contributed by atoms with van der Waals surface area (Å²) in [6.07, 6.45) is 5.75. The van der Waals surface area contributed by atoms with Crippen molar-refractivity contribution in [2.75, 3.05) is 19.6 Å². The van der Waals surface area contributed by atoms with Gasteiger partial charge in [-0.25, -0.2) is 8.78 Å². The standard InChI is InChI=1S/C15H19F2NO/c16-12-6-7-14(17)13(10-12)15(19)11-18-8-4-2-1-3-5-9-18/h6-7,10H,1-5,8-9,11H2. The van der Waals surface area contributed by atoms with E-state index in [1.165, 1.54) is 19.3 Å². The molecule has 0 N–H and O–H groups in total. The van der Waals surface area contributed by atoms with Crippen LogP contribution in [-0.2, 0) is 0 Å². The summed E-state index contributed by atoms with van der Waals surface area (Å²) in [5.74, 6) is -1.55. The molecule has 0 spiro atoms. The van der Waals surface area contributed by atoms with Crippen LogP contribution in [-0.4, -0.2) is 30.3 Å². The third-order valence-corrected chi connectivity index (χ3v) is 3.54. The average Bonchev–Trinajstić information content (AvgIpc) is 2.35. The molecule has 1 heterocycles. The Bertz CT molecular complexity index is 440. The second-order valence-corrected chi connectivity index (χ2v) is 5.09. The Morgan fingerprint density at radius 1 is 1.05 bits per heavy atom. The van der Waals surface area contributed by atoms with E-state index in [4.69, 9.17) is 0 Å². The average molecular weight is 267 g/mol. The Balaban J connectivity index is 2.00. The lowest BCUT2D eigenvalue weighted by atomic mass is 10.1. The molecule has 0 aromatic heterocycles. The quantitative estimate of drug-likeness (QED) is 0.782. The summed E-state index contributed by atoms with van der Waals surface area (Å²) in [5.41, 5.74) is -0.137. The molecule has 2 rings (SSSR count). The number of likely N-dealkylation sites (tertiary alicyclic amines) is 1. The van der Waals surface area contributed by atoms with Gasteiger partial charge in [0.05, 0.1) is 12.1 Å². The fraction of sp³-hybridized carbons (Fsp3) is 0.533. The molecular weight excluding hydrogens is 248 g/mol. The maximum atomic E-state index is 13.5. The zero-order valence-electron chi connectivity index (χ0n) is 11.0. The van der Waals surface area contributed by atoms with Gasteiger partial charge < -0.3 is 0 Å². The van der Waals surface area contributed by atoms with Crippen molar-refractivity contribution >= 4 is 5.78 Å². The van der Waals surface area contributed by atoms with Gasteiger partial charge in [0.2, 0.25) is 0 Å². The van der Waals surface area contributed by atoms with Crippen LogP contribution < -0.4 is 0 Å². The van der Waals surface area contributed by atoms with Crippen molar-refractivity contribution in [1.82, 2.24) is 4.90 Å². The molecule has 1 aromatic rings. The Kier molecular flexibility index (Phi) is 5.02. The fourth-order valence-corrected chi connectivity index (χ4v) is 2.47. The Morgan fingerprint density at radius 3 is 2.37 bits per heavy atom. The first-order chi connectivity index (χ1) is 9.16. The second-order valence-electron chi connectivity index (χ2n) is 5.09. The first-order valence-electron chi connectivity index (χ1n) is 6.87. The van der Waals surface area contributed by atoms with E-state index < -0.39 is 11.6 Å². The van der Waals surface area contributed by atoms with Gasteiger partial charge >= 0.3 is 0 Å². The first-order valence-corrected chi connectivity index (χ1v) is 6.87. The number of carbonyl (C=O) groups excluding carboxylic acids is 1. The molecule has 2 nitrogen and oxygen atoms in total. The second kappa shape index (κ2) is 6.75. The molecule has 1 aliphatic heterocycles. The minimum atomic E-state index is -0.640. The van der Waals surface area contributed by atoms with E-state index in [1.807, 2.05) is 4.90 Å². The van der Waals surface area contributed by atoms with Crippen molar-refractivity contribution in [1.29, 1.82) is 0 Å². The highest BCUT2D eigenvalue weighted by Gasteiger charge is 2.17. The number of benzene rings is 1. The predicted molar refractivity (Wildman–Crippen MR) is 70.2 cm³/mol. The van der Waals surface area contributed by atoms with Gasteiger partial charge in [-0.2, -0.15) is 0 Å². The van der Waals surface area contributed by atoms with E-state index in [2.05, 4.69) is 0 Å². The number of nitrogens with zero attached hydrogens (tertiary/aromatic N) is 1. The molecule has 0 radical (unpaired) electrons. The van der Waals surface area contributed by atoms with Crippen LogP contribution in [0.2, 0.25) is 0 Å². The van der Waals surface area contributed by atoms with Gasteiger partial charge in [0.25, 0.3) is 0 Å². The SMILES string of the molecule is O=C(CN1CCCCCCC1)c1cc(F)ccc1F.